The molecule has 2 aromatic carbocycles. The Kier molecular flexibility index (Phi) is 11.2. The quantitative estimate of drug-likeness (QED) is 0.147. The van der Waals surface area contributed by atoms with E-state index in [1.165, 1.54) is 26.0 Å². The van der Waals surface area contributed by atoms with Crippen molar-refractivity contribution in [2.24, 2.45) is 16.7 Å². The number of amides is 1. The van der Waals surface area contributed by atoms with E-state index in [2.05, 4.69) is 5.32 Å². The van der Waals surface area contributed by atoms with Crippen LogP contribution in [0.5, 0.6) is 0 Å². The summed E-state index contributed by atoms with van der Waals surface area (Å²) in [5, 5.41) is 51.6. The molecule has 3 fully saturated rings. The lowest BCUT2D eigenvalue weighted by atomic mass is 9.44. The van der Waals surface area contributed by atoms with Crippen LogP contribution in [0.2, 0.25) is 0 Å². The lowest BCUT2D eigenvalue weighted by Gasteiger charge is -2.67. The Balaban J connectivity index is 1.49. The number of benzene rings is 2. The molecule has 2 aromatic rings. The van der Waals surface area contributed by atoms with E-state index in [4.69, 9.17) is 23.7 Å². The van der Waals surface area contributed by atoms with Crippen molar-refractivity contribution in [3.63, 3.8) is 0 Å². The van der Waals surface area contributed by atoms with E-state index in [1.807, 2.05) is 0 Å². The van der Waals surface area contributed by atoms with Gasteiger partial charge in [-0.3, -0.25) is 9.59 Å². The second-order valence-electron chi connectivity index (χ2n) is 17.6. The number of aliphatic hydroxyl groups is 4. The summed E-state index contributed by atoms with van der Waals surface area (Å²) in [6.07, 6.45) is -11.5. The predicted octanol–water partition coefficient (Wildman–Crippen LogP) is 3.26. The van der Waals surface area contributed by atoms with Gasteiger partial charge in [0.05, 0.1) is 35.6 Å². The third-order valence-corrected chi connectivity index (χ3v) is 12.6. The van der Waals surface area contributed by atoms with E-state index in [9.17, 15) is 44.4 Å². The molecule has 0 unspecified atom stereocenters. The average molecular weight is 808 g/mol. The smallest absolute Gasteiger partial charge is 0.408 e. The first-order chi connectivity index (χ1) is 27.0. The van der Waals surface area contributed by atoms with Gasteiger partial charge >= 0.3 is 24.0 Å². The third-order valence-electron chi connectivity index (χ3n) is 12.6. The van der Waals surface area contributed by atoms with Crippen molar-refractivity contribution in [1.29, 1.82) is 0 Å². The Labute approximate surface area is 336 Å². The van der Waals surface area contributed by atoms with Gasteiger partial charge in [-0.25, -0.2) is 14.4 Å². The number of aliphatic hydroxyl groups excluding tert-OH is 3. The Hall–Kier alpha value is -4.67. The van der Waals surface area contributed by atoms with Gasteiger partial charge < -0.3 is 49.4 Å². The zero-order valence-electron chi connectivity index (χ0n) is 33.9. The standard InChI is InChI=1S/C43H53NO14/c1-22-26(55-37(51)32(48)30(24-15-11-9-12-16-24)44-38(52)58-39(3,4)5)20-43(53)35(56-36(50)25-17-13-10-14-18-25)33-41(8,34(49)31(47)29(22)40(43,6)7)27(46)19-28-42(33,21-54-28)57-23(2)45/h9-18,26-28,30-33,35,46-48,53H,19-21H2,1-8H3,(H,44,52)/t26-,27-,28+,30-,31+,32-,33-,35-,41+,42-,43+/m0/s1. The maximum absolute atomic E-state index is 14.9. The molecule has 11 atom stereocenters. The van der Waals surface area contributed by atoms with Gasteiger partial charge in [0.25, 0.3) is 0 Å². The lowest BCUT2D eigenvalue weighted by Crippen LogP contribution is -2.81. The normalized spacial score (nSPS) is 33.7. The van der Waals surface area contributed by atoms with Crippen LogP contribution in [0.3, 0.4) is 0 Å². The molecule has 1 heterocycles. The molecule has 6 rings (SSSR count). The van der Waals surface area contributed by atoms with E-state index in [0.717, 1.165) is 6.92 Å². The van der Waals surface area contributed by atoms with Gasteiger partial charge in [0.2, 0.25) is 0 Å². The van der Waals surface area contributed by atoms with Gasteiger partial charge in [-0.05, 0) is 63.5 Å². The van der Waals surface area contributed by atoms with E-state index < -0.39 is 112 Å². The molecule has 0 spiro atoms. The number of hydrogen-bond acceptors (Lipinski definition) is 14. The summed E-state index contributed by atoms with van der Waals surface area (Å²) in [6.45, 7) is 11.8. The molecule has 1 saturated heterocycles. The largest absolute Gasteiger partial charge is 0.456 e. The van der Waals surface area contributed by atoms with Crippen LogP contribution < -0.4 is 5.32 Å². The van der Waals surface area contributed by atoms with E-state index in [1.54, 1.807) is 83.1 Å². The van der Waals surface area contributed by atoms with Crippen molar-refractivity contribution in [2.75, 3.05) is 6.61 Å². The fourth-order valence-corrected chi connectivity index (χ4v) is 9.56. The lowest BCUT2D eigenvalue weighted by molar-refractivity contribution is -0.346. The van der Waals surface area contributed by atoms with Gasteiger partial charge in [-0.15, -0.1) is 0 Å². The molecule has 58 heavy (non-hydrogen) atoms. The first-order valence-corrected chi connectivity index (χ1v) is 19.3. The third kappa shape index (κ3) is 7.10. The number of nitrogens with one attached hydrogen (secondary N) is 1. The summed E-state index contributed by atoms with van der Waals surface area (Å²) in [4.78, 5) is 68.9. The topological polar surface area (TPSA) is 224 Å². The number of fused-ring (bicyclic) bond motifs is 5. The molecule has 15 heteroatoms. The van der Waals surface area contributed by atoms with Crippen LogP contribution in [0.4, 0.5) is 4.79 Å². The highest BCUT2D eigenvalue weighted by Crippen LogP contribution is 2.64. The molecule has 5 N–H and O–H groups in total. The molecular formula is C43H53NO14. The van der Waals surface area contributed by atoms with Crippen molar-refractivity contribution in [3.05, 3.63) is 82.9 Å². The number of rotatable bonds is 8. The number of hydrogen-bond donors (Lipinski definition) is 5. The maximum atomic E-state index is 14.9. The fourth-order valence-electron chi connectivity index (χ4n) is 9.56. The first kappa shape index (κ1) is 42.9. The van der Waals surface area contributed by atoms with Crippen LogP contribution in [-0.4, -0.2) is 110 Å². The minimum Gasteiger partial charge on any atom is -0.456 e. The van der Waals surface area contributed by atoms with Crippen molar-refractivity contribution in [3.8, 4) is 0 Å². The number of carbonyl (C=O) groups is 5. The molecule has 1 amide bonds. The number of ether oxygens (including phenoxy) is 5. The highest BCUT2D eigenvalue weighted by Gasteiger charge is 2.78. The monoisotopic (exact) mass is 807 g/mol. The van der Waals surface area contributed by atoms with Crippen molar-refractivity contribution < 1.29 is 68.1 Å². The second-order valence-corrected chi connectivity index (χ2v) is 17.6. The fraction of sp³-hybridized carbons (Fsp3) is 0.558. The summed E-state index contributed by atoms with van der Waals surface area (Å²) >= 11 is 0. The van der Waals surface area contributed by atoms with Crippen LogP contribution in [0.15, 0.2) is 71.8 Å². The summed E-state index contributed by atoms with van der Waals surface area (Å²) in [5.41, 5.74) is -8.14. The average Bonchev–Trinajstić information content (AvgIpc) is 3.14. The van der Waals surface area contributed by atoms with Crippen molar-refractivity contribution in [2.45, 2.75) is 128 Å². The summed E-state index contributed by atoms with van der Waals surface area (Å²) in [6, 6.07) is 14.6. The number of esters is 3. The van der Waals surface area contributed by atoms with Gasteiger partial charge in [0.1, 0.15) is 35.6 Å². The molecule has 314 valence electrons. The number of Topliss-reactive ketones (excluding diaryl/α,β-unsaturated/α-hetero) is 1. The highest BCUT2D eigenvalue weighted by molar-refractivity contribution is 5.94. The van der Waals surface area contributed by atoms with E-state index >= 15 is 0 Å². The zero-order chi connectivity index (χ0) is 42.7. The van der Waals surface area contributed by atoms with Gasteiger partial charge in [0, 0.05) is 25.2 Å². The zero-order valence-corrected chi connectivity index (χ0v) is 33.9. The SMILES string of the molecule is CC(=O)O[C@@]12CO[C@@H]1C[C@H](O)[C@@]1(C)C(=O)[C@H](O)C3=C(C)[C@@H](OC(=O)[C@@H](O)[C@@H](NC(=O)OC(C)(C)C)c4ccccc4)C[C@@](O)([C@@H](OC(=O)c4ccccc4)[C@H]21)C3(C)C. The van der Waals surface area contributed by atoms with Crippen LogP contribution in [0.25, 0.3) is 0 Å². The molecule has 1 aliphatic heterocycles. The van der Waals surface area contributed by atoms with Crippen molar-refractivity contribution >= 4 is 29.8 Å². The molecule has 15 nitrogen and oxygen atoms in total. The van der Waals surface area contributed by atoms with Crippen LogP contribution in [0.1, 0.15) is 90.2 Å². The number of ketones is 1. The minimum atomic E-state index is -2.35. The van der Waals surface area contributed by atoms with E-state index in [-0.39, 0.29) is 29.7 Å². The van der Waals surface area contributed by atoms with Crippen LogP contribution >= 0.6 is 0 Å². The number of carbonyl (C=O) groups excluding carboxylic acids is 5. The Bertz CT molecular complexity index is 1980. The van der Waals surface area contributed by atoms with Crippen molar-refractivity contribution in [1.82, 2.24) is 5.32 Å². The summed E-state index contributed by atoms with van der Waals surface area (Å²) in [5.74, 6) is -5.36. The van der Waals surface area contributed by atoms with Gasteiger partial charge in [-0.1, -0.05) is 62.4 Å². The summed E-state index contributed by atoms with van der Waals surface area (Å²) < 4.78 is 29.5. The Morgan fingerprint density at radius 2 is 1.55 bits per heavy atom. The molecule has 3 aliphatic carbocycles. The predicted molar refractivity (Wildman–Crippen MR) is 204 cm³/mol. The van der Waals surface area contributed by atoms with Crippen LogP contribution in [0, 0.1) is 16.7 Å². The Morgan fingerprint density at radius 1 is 0.948 bits per heavy atom. The molecule has 2 bridgehead atoms. The maximum Gasteiger partial charge on any atom is 0.408 e. The molecule has 0 aromatic heterocycles. The molecular weight excluding hydrogens is 754 g/mol. The van der Waals surface area contributed by atoms with Gasteiger partial charge in [0.15, 0.2) is 17.5 Å². The molecule has 4 aliphatic rings. The molecule has 0 radical (unpaired) electrons. The highest BCUT2D eigenvalue weighted by atomic mass is 16.6. The second kappa shape index (κ2) is 15.2. The van der Waals surface area contributed by atoms with E-state index in [0.29, 0.717) is 5.56 Å². The first-order valence-electron chi connectivity index (χ1n) is 19.3. The van der Waals surface area contributed by atoms with Gasteiger partial charge in [-0.2, -0.15) is 0 Å². The molecule has 2 saturated carbocycles. The number of alkyl carbamates (subject to hydrolysis) is 1. The minimum absolute atomic E-state index is 0.0637. The van der Waals surface area contributed by atoms with Crippen LogP contribution in [-0.2, 0) is 38.1 Å². The Morgan fingerprint density at radius 3 is 2.10 bits per heavy atom. The summed E-state index contributed by atoms with van der Waals surface area (Å²) in [7, 11) is 0.